The van der Waals surface area contributed by atoms with E-state index in [1.165, 1.54) is 18.5 Å². The smallest absolute Gasteiger partial charge is 0.224 e. The molecule has 0 atom stereocenters. The van der Waals surface area contributed by atoms with E-state index < -0.39 is 0 Å². The van der Waals surface area contributed by atoms with Gasteiger partial charge in [-0.3, -0.25) is 4.68 Å². The van der Waals surface area contributed by atoms with Gasteiger partial charge in [0.05, 0.1) is 0 Å². The van der Waals surface area contributed by atoms with E-state index in [1.54, 1.807) is 12.3 Å². The second kappa shape index (κ2) is 4.33. The number of nitrogens with zero attached hydrogens (tertiary/aromatic N) is 4. The molecule has 1 N–H and O–H groups in total. The van der Waals surface area contributed by atoms with Gasteiger partial charge in [-0.15, -0.1) is 0 Å². The topological polar surface area (TPSA) is 55.6 Å². The molecular weight excluding hydrogens is 238 g/mol. The van der Waals surface area contributed by atoms with Gasteiger partial charge in [-0.2, -0.15) is 5.10 Å². The molecule has 0 amide bonds. The summed E-state index contributed by atoms with van der Waals surface area (Å²) < 4.78 is 2.05. The molecule has 2 aromatic heterocycles. The first-order valence-electron chi connectivity index (χ1n) is 5.63. The Morgan fingerprint density at radius 1 is 1.29 bits per heavy atom. The Labute approximate surface area is 104 Å². The normalized spacial score (nSPS) is 14.4. The molecule has 3 heterocycles. The van der Waals surface area contributed by atoms with Gasteiger partial charge < -0.3 is 5.32 Å². The van der Waals surface area contributed by atoms with Crippen LogP contribution >= 0.6 is 11.6 Å². The van der Waals surface area contributed by atoms with E-state index in [0.717, 1.165) is 18.8 Å². The van der Waals surface area contributed by atoms with Gasteiger partial charge in [-0.25, -0.2) is 9.97 Å². The molecule has 0 spiro atoms. The SMILES string of the molecule is Clc1nccc(Nc2cc3n(n2)CCCC3)n1. The van der Waals surface area contributed by atoms with Crippen LogP contribution in [-0.2, 0) is 13.0 Å². The fourth-order valence-electron chi connectivity index (χ4n) is 2.01. The van der Waals surface area contributed by atoms with Gasteiger partial charge in [-0.1, -0.05) is 0 Å². The van der Waals surface area contributed by atoms with Gasteiger partial charge in [-0.05, 0) is 36.9 Å². The zero-order chi connectivity index (χ0) is 11.7. The summed E-state index contributed by atoms with van der Waals surface area (Å²) in [7, 11) is 0. The Morgan fingerprint density at radius 2 is 2.24 bits per heavy atom. The minimum Gasteiger partial charge on any atom is -0.323 e. The summed E-state index contributed by atoms with van der Waals surface area (Å²) in [5.41, 5.74) is 1.28. The summed E-state index contributed by atoms with van der Waals surface area (Å²) in [6.07, 6.45) is 5.16. The van der Waals surface area contributed by atoms with Crippen LogP contribution in [0, 0.1) is 0 Å². The van der Waals surface area contributed by atoms with E-state index in [2.05, 4.69) is 31.1 Å². The summed E-state index contributed by atoms with van der Waals surface area (Å²) in [6.45, 7) is 1.00. The first-order valence-corrected chi connectivity index (χ1v) is 6.01. The second-order valence-electron chi connectivity index (χ2n) is 4.04. The number of nitrogens with one attached hydrogen (secondary N) is 1. The monoisotopic (exact) mass is 249 g/mol. The number of halogens is 1. The van der Waals surface area contributed by atoms with Gasteiger partial charge in [0, 0.05) is 24.5 Å². The highest BCUT2D eigenvalue weighted by Crippen LogP contribution is 2.20. The number of aromatic nitrogens is 4. The summed E-state index contributed by atoms with van der Waals surface area (Å²) in [5.74, 6) is 1.48. The molecule has 88 valence electrons. The van der Waals surface area contributed by atoms with Gasteiger partial charge >= 0.3 is 0 Å². The van der Waals surface area contributed by atoms with Crippen molar-refractivity contribution in [3.05, 3.63) is 29.3 Å². The lowest BCUT2D eigenvalue weighted by Crippen LogP contribution is -2.10. The van der Waals surface area contributed by atoms with Crippen molar-refractivity contribution < 1.29 is 0 Å². The van der Waals surface area contributed by atoms with E-state index in [9.17, 15) is 0 Å². The van der Waals surface area contributed by atoms with Crippen LogP contribution in [0.4, 0.5) is 11.6 Å². The second-order valence-corrected chi connectivity index (χ2v) is 4.38. The highest BCUT2D eigenvalue weighted by Gasteiger charge is 2.12. The minimum atomic E-state index is 0.235. The molecular formula is C11H12ClN5. The molecule has 0 aromatic carbocycles. The van der Waals surface area contributed by atoms with E-state index in [-0.39, 0.29) is 5.28 Å². The Balaban J connectivity index is 1.83. The first kappa shape index (κ1) is 10.5. The van der Waals surface area contributed by atoms with Crippen molar-refractivity contribution in [2.45, 2.75) is 25.8 Å². The molecule has 0 saturated carbocycles. The number of hydrogen-bond acceptors (Lipinski definition) is 4. The summed E-state index contributed by atoms with van der Waals surface area (Å²) in [4.78, 5) is 7.90. The van der Waals surface area contributed by atoms with Crippen molar-refractivity contribution in [1.29, 1.82) is 0 Å². The largest absolute Gasteiger partial charge is 0.323 e. The molecule has 17 heavy (non-hydrogen) atoms. The number of hydrogen-bond donors (Lipinski definition) is 1. The summed E-state index contributed by atoms with van der Waals surface area (Å²) >= 11 is 5.72. The van der Waals surface area contributed by atoms with E-state index in [1.807, 2.05) is 0 Å². The van der Waals surface area contributed by atoms with Crippen molar-refractivity contribution in [3.8, 4) is 0 Å². The third kappa shape index (κ3) is 2.24. The molecule has 2 aromatic rings. The number of aryl methyl sites for hydroxylation is 2. The van der Waals surface area contributed by atoms with Crippen molar-refractivity contribution in [2.24, 2.45) is 0 Å². The minimum absolute atomic E-state index is 0.235. The lowest BCUT2D eigenvalue weighted by atomic mass is 10.1. The molecule has 0 unspecified atom stereocenters. The van der Waals surface area contributed by atoms with Crippen molar-refractivity contribution in [3.63, 3.8) is 0 Å². The van der Waals surface area contributed by atoms with Crippen LogP contribution in [-0.4, -0.2) is 19.7 Å². The molecule has 1 aliphatic rings. The zero-order valence-corrected chi connectivity index (χ0v) is 9.98. The maximum absolute atomic E-state index is 5.72. The average molecular weight is 250 g/mol. The van der Waals surface area contributed by atoms with Crippen LogP contribution < -0.4 is 5.32 Å². The van der Waals surface area contributed by atoms with E-state index in [0.29, 0.717) is 5.82 Å². The highest BCUT2D eigenvalue weighted by atomic mass is 35.5. The first-order chi connectivity index (χ1) is 8.31. The summed E-state index contributed by atoms with van der Waals surface area (Å²) in [6, 6.07) is 3.83. The highest BCUT2D eigenvalue weighted by molar-refractivity contribution is 6.28. The van der Waals surface area contributed by atoms with E-state index in [4.69, 9.17) is 11.6 Å². The average Bonchev–Trinajstić information content (AvgIpc) is 2.71. The zero-order valence-electron chi connectivity index (χ0n) is 9.23. The van der Waals surface area contributed by atoms with Crippen LogP contribution in [0.15, 0.2) is 18.3 Å². The van der Waals surface area contributed by atoms with Crippen molar-refractivity contribution in [1.82, 2.24) is 19.7 Å². The Morgan fingerprint density at radius 3 is 3.06 bits per heavy atom. The molecule has 1 aliphatic heterocycles. The molecule has 3 rings (SSSR count). The van der Waals surface area contributed by atoms with Gasteiger partial charge in [0.15, 0.2) is 5.82 Å². The van der Waals surface area contributed by atoms with Gasteiger partial charge in [0.1, 0.15) is 5.82 Å². The molecule has 0 fully saturated rings. The third-order valence-corrected chi connectivity index (χ3v) is 2.98. The fourth-order valence-corrected chi connectivity index (χ4v) is 2.16. The van der Waals surface area contributed by atoms with Crippen LogP contribution in [0.2, 0.25) is 5.28 Å². The molecule has 0 radical (unpaired) electrons. The predicted molar refractivity (Wildman–Crippen MR) is 65.5 cm³/mol. The van der Waals surface area contributed by atoms with Gasteiger partial charge in [0.25, 0.3) is 0 Å². The fraction of sp³-hybridized carbons (Fsp3) is 0.364. The van der Waals surface area contributed by atoms with Crippen LogP contribution in [0.5, 0.6) is 0 Å². The molecule has 5 nitrogen and oxygen atoms in total. The molecule has 6 heteroatoms. The lowest BCUT2D eigenvalue weighted by Gasteiger charge is -2.11. The maximum Gasteiger partial charge on any atom is 0.224 e. The quantitative estimate of drug-likeness (QED) is 0.831. The van der Waals surface area contributed by atoms with Crippen LogP contribution in [0.3, 0.4) is 0 Å². The van der Waals surface area contributed by atoms with Crippen molar-refractivity contribution >= 4 is 23.2 Å². The Bertz CT molecular complexity index is 513. The predicted octanol–water partition coefficient (Wildman–Crippen LogP) is 2.41. The standard InChI is InChI=1S/C11H12ClN5/c12-11-13-5-4-9(15-11)14-10-7-8-3-1-2-6-17(8)16-10/h4-5,7H,1-3,6H2,(H,13,14,15,16). The number of rotatable bonds is 2. The Hall–Kier alpha value is -1.62. The van der Waals surface area contributed by atoms with Crippen LogP contribution in [0.1, 0.15) is 18.5 Å². The number of anilines is 2. The van der Waals surface area contributed by atoms with Crippen LogP contribution in [0.25, 0.3) is 0 Å². The third-order valence-electron chi connectivity index (χ3n) is 2.80. The molecule has 0 aliphatic carbocycles. The Kier molecular flexibility index (Phi) is 2.68. The lowest BCUT2D eigenvalue weighted by molar-refractivity contribution is 0.487. The number of fused-ring (bicyclic) bond motifs is 1. The molecule has 0 saturated heterocycles. The molecule has 0 bridgehead atoms. The summed E-state index contributed by atoms with van der Waals surface area (Å²) in [5, 5.41) is 7.85. The maximum atomic E-state index is 5.72. The van der Waals surface area contributed by atoms with Crippen molar-refractivity contribution in [2.75, 3.05) is 5.32 Å². The van der Waals surface area contributed by atoms with Gasteiger partial charge in [0.2, 0.25) is 5.28 Å². The van der Waals surface area contributed by atoms with E-state index >= 15 is 0 Å².